The van der Waals surface area contributed by atoms with Gasteiger partial charge in [0.15, 0.2) is 0 Å². The maximum absolute atomic E-state index is 12.8. The predicted octanol–water partition coefficient (Wildman–Crippen LogP) is 3.54. The zero-order chi connectivity index (χ0) is 21.2. The first kappa shape index (κ1) is 22.7. The number of carbonyl (C=O) groups is 3. The van der Waals surface area contributed by atoms with Crippen LogP contribution in [0, 0.1) is 0 Å². The standard InChI is InChI=1S/C21H21BrN2O4S/c1-29-12-11-17(21(27)28)23-20(26)18(13-14-5-3-2-4-6-14)24-19(25)15-7-9-16(22)10-8-15/h2-10,13,17H,11-12H2,1H3,(H,23,26)(H,24,25)(H,27,28)/b18-13-/t17-/m1/s1. The highest BCUT2D eigenvalue weighted by Crippen LogP contribution is 2.12. The van der Waals surface area contributed by atoms with Crippen molar-refractivity contribution in [3.05, 3.63) is 75.9 Å². The molecule has 2 rings (SSSR count). The van der Waals surface area contributed by atoms with Gasteiger partial charge >= 0.3 is 5.97 Å². The molecule has 152 valence electrons. The van der Waals surface area contributed by atoms with E-state index in [4.69, 9.17) is 0 Å². The minimum absolute atomic E-state index is 0.0282. The number of benzene rings is 2. The number of amides is 2. The van der Waals surface area contributed by atoms with Gasteiger partial charge < -0.3 is 15.7 Å². The molecule has 0 spiro atoms. The molecular weight excluding hydrogens is 456 g/mol. The second kappa shape index (κ2) is 11.4. The van der Waals surface area contributed by atoms with Gasteiger partial charge in [0.2, 0.25) is 0 Å². The molecule has 0 fully saturated rings. The molecule has 8 heteroatoms. The lowest BCUT2D eigenvalue weighted by molar-refractivity contribution is -0.141. The summed E-state index contributed by atoms with van der Waals surface area (Å²) in [6.45, 7) is 0. The highest BCUT2D eigenvalue weighted by molar-refractivity contribution is 9.10. The third kappa shape index (κ3) is 7.40. The van der Waals surface area contributed by atoms with Crippen molar-refractivity contribution in [3.63, 3.8) is 0 Å². The summed E-state index contributed by atoms with van der Waals surface area (Å²) in [5.41, 5.74) is 1.04. The van der Waals surface area contributed by atoms with E-state index in [0.717, 1.165) is 4.47 Å². The minimum Gasteiger partial charge on any atom is -0.480 e. The molecule has 2 amide bonds. The molecule has 1 atom stereocenters. The van der Waals surface area contributed by atoms with Gasteiger partial charge in [-0.1, -0.05) is 46.3 Å². The van der Waals surface area contributed by atoms with Crippen LogP contribution in [0.15, 0.2) is 64.8 Å². The SMILES string of the molecule is CSCC[C@@H](NC(=O)/C(=C/c1ccccc1)NC(=O)c1ccc(Br)cc1)C(=O)O. The number of nitrogens with one attached hydrogen (secondary N) is 2. The molecule has 0 saturated carbocycles. The van der Waals surface area contributed by atoms with Crippen molar-refractivity contribution in [1.82, 2.24) is 10.6 Å². The van der Waals surface area contributed by atoms with Gasteiger partial charge in [-0.2, -0.15) is 11.8 Å². The van der Waals surface area contributed by atoms with Crippen LogP contribution in [0.5, 0.6) is 0 Å². The van der Waals surface area contributed by atoms with E-state index in [1.807, 2.05) is 12.3 Å². The van der Waals surface area contributed by atoms with E-state index < -0.39 is 23.8 Å². The highest BCUT2D eigenvalue weighted by Gasteiger charge is 2.22. The summed E-state index contributed by atoms with van der Waals surface area (Å²) in [4.78, 5) is 36.8. The Hall–Kier alpha value is -2.58. The number of carbonyl (C=O) groups excluding carboxylic acids is 2. The fourth-order valence-electron chi connectivity index (χ4n) is 2.40. The summed E-state index contributed by atoms with van der Waals surface area (Å²) in [5.74, 6) is -1.66. The number of halogens is 1. The van der Waals surface area contributed by atoms with Crippen LogP contribution in [-0.4, -0.2) is 40.9 Å². The number of carboxylic acid groups (broad SMARTS) is 1. The monoisotopic (exact) mass is 476 g/mol. The molecule has 0 bridgehead atoms. The van der Waals surface area contributed by atoms with Crippen molar-refractivity contribution < 1.29 is 19.5 Å². The molecule has 0 aliphatic carbocycles. The number of carboxylic acids is 1. The molecule has 0 aromatic heterocycles. The first-order chi connectivity index (χ1) is 13.9. The van der Waals surface area contributed by atoms with E-state index in [9.17, 15) is 19.5 Å². The molecule has 0 aliphatic heterocycles. The normalized spacial score (nSPS) is 12.1. The highest BCUT2D eigenvalue weighted by atomic mass is 79.9. The average molecular weight is 477 g/mol. The molecular formula is C21H21BrN2O4S. The number of thioether (sulfide) groups is 1. The van der Waals surface area contributed by atoms with Gasteiger partial charge in [-0.3, -0.25) is 9.59 Å². The Labute approximate surface area is 181 Å². The molecule has 29 heavy (non-hydrogen) atoms. The Bertz CT molecular complexity index is 885. The summed E-state index contributed by atoms with van der Waals surface area (Å²) in [5, 5.41) is 14.5. The third-order valence-electron chi connectivity index (χ3n) is 3.92. The van der Waals surface area contributed by atoms with Gasteiger partial charge in [-0.05, 0) is 54.3 Å². The van der Waals surface area contributed by atoms with Crippen LogP contribution in [0.1, 0.15) is 22.3 Å². The van der Waals surface area contributed by atoms with Crippen molar-refractivity contribution in [2.75, 3.05) is 12.0 Å². The second-order valence-electron chi connectivity index (χ2n) is 6.08. The van der Waals surface area contributed by atoms with Crippen molar-refractivity contribution in [3.8, 4) is 0 Å². The largest absolute Gasteiger partial charge is 0.480 e. The molecule has 0 radical (unpaired) electrons. The van der Waals surface area contributed by atoms with Crippen molar-refractivity contribution in [1.29, 1.82) is 0 Å². The fraction of sp³-hybridized carbons (Fsp3) is 0.190. The van der Waals surface area contributed by atoms with Crippen LogP contribution >= 0.6 is 27.7 Å². The van der Waals surface area contributed by atoms with Gasteiger partial charge in [0.1, 0.15) is 11.7 Å². The summed E-state index contributed by atoms with van der Waals surface area (Å²) in [6, 6.07) is 14.6. The van der Waals surface area contributed by atoms with Crippen LogP contribution < -0.4 is 10.6 Å². The van der Waals surface area contributed by atoms with Gasteiger partial charge in [0.05, 0.1) is 0 Å². The van der Waals surface area contributed by atoms with Gasteiger partial charge in [-0.15, -0.1) is 0 Å². The number of aliphatic carboxylic acids is 1. The van der Waals surface area contributed by atoms with Gasteiger partial charge in [0.25, 0.3) is 11.8 Å². The van der Waals surface area contributed by atoms with Crippen molar-refractivity contribution in [2.24, 2.45) is 0 Å². The zero-order valence-corrected chi connectivity index (χ0v) is 18.1. The molecule has 6 nitrogen and oxygen atoms in total. The topological polar surface area (TPSA) is 95.5 Å². The van der Waals surface area contributed by atoms with Crippen LogP contribution in [0.3, 0.4) is 0 Å². The molecule has 0 saturated heterocycles. The van der Waals surface area contributed by atoms with Crippen molar-refractivity contribution >= 4 is 51.6 Å². The van der Waals surface area contributed by atoms with E-state index >= 15 is 0 Å². The van der Waals surface area contributed by atoms with E-state index in [1.165, 1.54) is 17.8 Å². The van der Waals surface area contributed by atoms with E-state index in [2.05, 4.69) is 26.6 Å². The first-order valence-corrected chi connectivity index (χ1v) is 11.0. The summed E-state index contributed by atoms with van der Waals surface area (Å²) in [6.07, 6.45) is 3.65. The first-order valence-electron chi connectivity index (χ1n) is 8.77. The van der Waals surface area contributed by atoms with Gasteiger partial charge in [0, 0.05) is 10.0 Å². The predicted molar refractivity (Wildman–Crippen MR) is 119 cm³/mol. The lowest BCUT2D eigenvalue weighted by Crippen LogP contribution is -2.44. The molecule has 2 aromatic carbocycles. The van der Waals surface area contributed by atoms with E-state index in [0.29, 0.717) is 16.9 Å². The molecule has 0 heterocycles. The maximum atomic E-state index is 12.8. The Morgan fingerprint density at radius 1 is 1.10 bits per heavy atom. The second-order valence-corrected chi connectivity index (χ2v) is 7.98. The lowest BCUT2D eigenvalue weighted by Gasteiger charge is -2.16. The molecule has 3 N–H and O–H groups in total. The summed E-state index contributed by atoms with van der Waals surface area (Å²) >= 11 is 4.80. The van der Waals surface area contributed by atoms with Gasteiger partial charge in [-0.25, -0.2) is 4.79 Å². The molecule has 0 unspecified atom stereocenters. The smallest absolute Gasteiger partial charge is 0.326 e. The lowest BCUT2D eigenvalue weighted by atomic mass is 10.1. The van der Waals surface area contributed by atoms with Crippen LogP contribution in [0.25, 0.3) is 6.08 Å². The molecule has 0 aliphatic rings. The number of hydrogen-bond acceptors (Lipinski definition) is 4. The Morgan fingerprint density at radius 2 is 1.76 bits per heavy atom. The summed E-state index contributed by atoms with van der Waals surface area (Å²) in [7, 11) is 0. The van der Waals surface area contributed by atoms with Crippen LogP contribution in [0.2, 0.25) is 0 Å². The summed E-state index contributed by atoms with van der Waals surface area (Å²) < 4.78 is 0.824. The fourth-order valence-corrected chi connectivity index (χ4v) is 3.13. The Balaban J connectivity index is 2.25. The average Bonchev–Trinajstić information content (AvgIpc) is 2.71. The van der Waals surface area contributed by atoms with Crippen molar-refractivity contribution in [2.45, 2.75) is 12.5 Å². The van der Waals surface area contributed by atoms with E-state index in [-0.39, 0.29) is 12.1 Å². The number of hydrogen-bond donors (Lipinski definition) is 3. The Kier molecular flexibility index (Phi) is 8.95. The molecule has 2 aromatic rings. The van der Waals surface area contributed by atoms with Crippen LogP contribution in [-0.2, 0) is 9.59 Å². The quantitative estimate of drug-likeness (QED) is 0.481. The van der Waals surface area contributed by atoms with E-state index in [1.54, 1.807) is 48.5 Å². The number of rotatable bonds is 9. The Morgan fingerprint density at radius 3 is 2.34 bits per heavy atom. The zero-order valence-electron chi connectivity index (χ0n) is 15.7. The maximum Gasteiger partial charge on any atom is 0.326 e. The minimum atomic E-state index is -1.12. The van der Waals surface area contributed by atoms with Crippen LogP contribution in [0.4, 0.5) is 0 Å². The third-order valence-corrected chi connectivity index (χ3v) is 5.10.